The predicted molar refractivity (Wildman–Crippen MR) is 117 cm³/mol. The van der Waals surface area contributed by atoms with Crippen molar-refractivity contribution in [1.29, 1.82) is 0 Å². The molecular weight excluding hydrogens is 424 g/mol. The number of aromatic nitrogens is 2. The number of nitrogens with zero attached hydrogens (tertiary/aromatic N) is 2. The molecule has 0 unspecified atom stereocenters. The Morgan fingerprint density at radius 2 is 1.97 bits per heavy atom. The molecule has 2 amide bonds. The van der Waals surface area contributed by atoms with Crippen molar-refractivity contribution in [2.24, 2.45) is 0 Å². The van der Waals surface area contributed by atoms with Gasteiger partial charge >= 0.3 is 5.76 Å². The Morgan fingerprint density at radius 1 is 1.17 bits per heavy atom. The summed E-state index contributed by atoms with van der Waals surface area (Å²) < 4.78 is 6.45. The van der Waals surface area contributed by atoms with E-state index in [-0.39, 0.29) is 18.4 Å². The van der Waals surface area contributed by atoms with Crippen LogP contribution in [0.3, 0.4) is 0 Å². The largest absolute Gasteiger partial charge is 0.420 e. The number of carbonyl (C=O) groups excluding carboxylic acids is 2. The molecule has 1 aromatic carbocycles. The number of anilines is 1. The van der Waals surface area contributed by atoms with Gasteiger partial charge in [-0.15, -0.1) is 22.7 Å². The van der Waals surface area contributed by atoms with E-state index in [1.807, 2.05) is 19.1 Å². The Morgan fingerprint density at radius 3 is 2.77 bits per heavy atom. The molecule has 0 atom stereocenters. The Balaban J connectivity index is 1.48. The second kappa shape index (κ2) is 8.25. The van der Waals surface area contributed by atoms with Crippen LogP contribution in [0.2, 0.25) is 0 Å². The molecule has 0 radical (unpaired) electrons. The van der Waals surface area contributed by atoms with E-state index in [4.69, 9.17) is 4.42 Å². The first kappa shape index (κ1) is 20.0. The van der Waals surface area contributed by atoms with Crippen molar-refractivity contribution in [3.8, 4) is 10.6 Å². The van der Waals surface area contributed by atoms with Crippen molar-refractivity contribution in [3.63, 3.8) is 0 Å². The molecule has 0 saturated heterocycles. The van der Waals surface area contributed by atoms with Crippen LogP contribution in [0.15, 0.2) is 45.6 Å². The number of para-hydroxylation sites is 2. The van der Waals surface area contributed by atoms with E-state index in [1.54, 1.807) is 35.6 Å². The van der Waals surface area contributed by atoms with Gasteiger partial charge in [0.2, 0.25) is 11.8 Å². The smallest absolute Gasteiger partial charge is 0.408 e. The van der Waals surface area contributed by atoms with E-state index in [2.05, 4.69) is 15.6 Å². The van der Waals surface area contributed by atoms with E-state index in [1.165, 1.54) is 22.8 Å². The van der Waals surface area contributed by atoms with Crippen LogP contribution in [0.5, 0.6) is 0 Å². The number of amides is 2. The fraction of sp³-hybridized carbons (Fsp3) is 0.200. The molecule has 0 aliphatic carbocycles. The summed E-state index contributed by atoms with van der Waals surface area (Å²) in [5.41, 5.74) is 1.80. The molecule has 30 heavy (non-hydrogen) atoms. The second-order valence-electron chi connectivity index (χ2n) is 6.57. The first-order valence-corrected chi connectivity index (χ1v) is 10.7. The Kier molecular flexibility index (Phi) is 5.51. The number of nitrogens with one attached hydrogen (secondary N) is 2. The lowest BCUT2D eigenvalue weighted by atomic mass is 10.3. The van der Waals surface area contributed by atoms with Crippen molar-refractivity contribution in [2.45, 2.75) is 26.9 Å². The van der Waals surface area contributed by atoms with E-state index < -0.39 is 5.76 Å². The van der Waals surface area contributed by atoms with Crippen LogP contribution in [0, 0.1) is 6.92 Å². The molecule has 3 aromatic heterocycles. The third-order valence-corrected chi connectivity index (χ3v) is 6.30. The van der Waals surface area contributed by atoms with Gasteiger partial charge in [-0.05, 0) is 31.2 Å². The van der Waals surface area contributed by atoms with Crippen molar-refractivity contribution in [3.05, 3.63) is 56.7 Å². The molecule has 4 rings (SSSR count). The molecule has 0 aliphatic heterocycles. The van der Waals surface area contributed by atoms with E-state index in [0.717, 1.165) is 20.3 Å². The minimum atomic E-state index is -0.576. The van der Waals surface area contributed by atoms with Gasteiger partial charge in [0, 0.05) is 16.7 Å². The molecule has 2 N–H and O–H groups in total. The Bertz CT molecular complexity index is 1300. The standard InChI is InChI=1S/C20H18N4O4S2/c1-11-18(16-8-7-13(30-16)9-21-12(2)25)23-19(29-11)22-17(26)10-24-14-5-3-4-6-15(14)28-20(24)27/h3-8H,9-10H2,1-2H3,(H,21,25)(H,22,23,26). The molecule has 0 spiro atoms. The van der Waals surface area contributed by atoms with Gasteiger partial charge in [-0.2, -0.15) is 0 Å². The summed E-state index contributed by atoms with van der Waals surface area (Å²) in [5, 5.41) is 6.00. The van der Waals surface area contributed by atoms with Gasteiger partial charge in [-0.25, -0.2) is 9.78 Å². The predicted octanol–water partition coefficient (Wildman–Crippen LogP) is 3.36. The third-order valence-electron chi connectivity index (χ3n) is 4.32. The van der Waals surface area contributed by atoms with Crippen molar-refractivity contribution < 1.29 is 14.0 Å². The number of thiazole rings is 1. The number of carbonyl (C=O) groups is 2. The summed E-state index contributed by atoms with van der Waals surface area (Å²) in [6.45, 7) is 3.72. The Labute approximate surface area is 179 Å². The van der Waals surface area contributed by atoms with Crippen LogP contribution in [0.4, 0.5) is 5.13 Å². The van der Waals surface area contributed by atoms with Gasteiger partial charge in [-0.3, -0.25) is 14.2 Å². The molecule has 3 heterocycles. The lowest BCUT2D eigenvalue weighted by molar-refractivity contribution is -0.119. The van der Waals surface area contributed by atoms with Crippen LogP contribution in [-0.4, -0.2) is 21.4 Å². The van der Waals surface area contributed by atoms with Crippen LogP contribution in [0.25, 0.3) is 21.7 Å². The number of fused-ring (bicyclic) bond motifs is 1. The SMILES string of the molecule is CC(=O)NCc1ccc(-c2nc(NC(=O)Cn3c(=O)oc4ccccc43)sc2C)s1. The average Bonchev–Trinajstić information content (AvgIpc) is 3.38. The summed E-state index contributed by atoms with van der Waals surface area (Å²) in [6, 6.07) is 10.9. The molecule has 0 bridgehead atoms. The summed E-state index contributed by atoms with van der Waals surface area (Å²) in [5.74, 6) is -1.02. The molecule has 8 nitrogen and oxygen atoms in total. The van der Waals surface area contributed by atoms with Gasteiger partial charge in [-0.1, -0.05) is 12.1 Å². The average molecular weight is 443 g/mol. The van der Waals surface area contributed by atoms with E-state index in [9.17, 15) is 14.4 Å². The highest BCUT2D eigenvalue weighted by Crippen LogP contribution is 2.34. The van der Waals surface area contributed by atoms with Crippen LogP contribution in [0.1, 0.15) is 16.7 Å². The normalized spacial score (nSPS) is 11.0. The zero-order chi connectivity index (χ0) is 21.3. The minimum absolute atomic E-state index is 0.0794. The van der Waals surface area contributed by atoms with Crippen molar-refractivity contribution >= 4 is 50.7 Å². The Hall–Kier alpha value is -3.24. The summed E-state index contributed by atoms with van der Waals surface area (Å²) in [4.78, 5) is 43.1. The van der Waals surface area contributed by atoms with Crippen molar-refractivity contribution in [2.75, 3.05) is 5.32 Å². The molecule has 4 aromatic rings. The number of rotatable bonds is 6. The fourth-order valence-corrected chi connectivity index (χ4v) is 4.86. The zero-order valence-electron chi connectivity index (χ0n) is 16.2. The maximum Gasteiger partial charge on any atom is 0.420 e. The second-order valence-corrected chi connectivity index (χ2v) is 8.94. The first-order chi connectivity index (χ1) is 14.4. The van der Waals surface area contributed by atoms with Gasteiger partial charge in [0.15, 0.2) is 10.7 Å². The number of hydrogen-bond donors (Lipinski definition) is 2. The third kappa shape index (κ3) is 4.19. The number of thiophene rings is 1. The van der Waals surface area contributed by atoms with E-state index in [0.29, 0.717) is 22.8 Å². The highest BCUT2D eigenvalue weighted by Gasteiger charge is 2.16. The summed E-state index contributed by atoms with van der Waals surface area (Å²) >= 11 is 2.91. The van der Waals surface area contributed by atoms with E-state index >= 15 is 0 Å². The van der Waals surface area contributed by atoms with Gasteiger partial charge in [0.1, 0.15) is 6.54 Å². The maximum atomic E-state index is 12.5. The molecule has 10 heteroatoms. The quantitative estimate of drug-likeness (QED) is 0.476. The minimum Gasteiger partial charge on any atom is -0.408 e. The lowest BCUT2D eigenvalue weighted by Gasteiger charge is -2.02. The lowest BCUT2D eigenvalue weighted by Crippen LogP contribution is -2.24. The monoisotopic (exact) mass is 442 g/mol. The zero-order valence-corrected chi connectivity index (χ0v) is 17.9. The topological polar surface area (TPSA) is 106 Å². The number of aryl methyl sites for hydroxylation is 1. The highest BCUT2D eigenvalue weighted by molar-refractivity contribution is 7.18. The summed E-state index contributed by atoms with van der Waals surface area (Å²) in [6.07, 6.45) is 0. The van der Waals surface area contributed by atoms with Crippen LogP contribution < -0.4 is 16.4 Å². The van der Waals surface area contributed by atoms with Crippen molar-refractivity contribution in [1.82, 2.24) is 14.9 Å². The number of hydrogen-bond acceptors (Lipinski definition) is 7. The highest BCUT2D eigenvalue weighted by atomic mass is 32.1. The fourth-order valence-electron chi connectivity index (χ4n) is 2.96. The van der Waals surface area contributed by atoms with Crippen LogP contribution >= 0.6 is 22.7 Å². The van der Waals surface area contributed by atoms with Gasteiger partial charge in [0.25, 0.3) is 0 Å². The number of benzene rings is 1. The molecule has 0 fully saturated rings. The molecule has 0 saturated carbocycles. The maximum absolute atomic E-state index is 12.5. The molecular formula is C20H18N4O4S2. The number of oxazole rings is 1. The first-order valence-electron chi connectivity index (χ1n) is 9.10. The van der Waals surface area contributed by atoms with Gasteiger partial charge < -0.3 is 15.1 Å². The van der Waals surface area contributed by atoms with Gasteiger partial charge in [0.05, 0.1) is 22.6 Å². The molecule has 0 aliphatic rings. The molecule has 154 valence electrons. The van der Waals surface area contributed by atoms with Crippen LogP contribution in [-0.2, 0) is 22.7 Å². The summed E-state index contributed by atoms with van der Waals surface area (Å²) in [7, 11) is 0.